The number of carbonyl (C=O) groups is 2. The Hall–Kier alpha value is -0.750. The molecule has 5 nitrogen and oxygen atoms in total. The minimum atomic E-state index is -0.674. The minimum absolute atomic E-state index is 0.145. The first kappa shape index (κ1) is 9.79. The highest BCUT2D eigenvalue weighted by atomic mass is 32.1. The fourth-order valence-electron chi connectivity index (χ4n) is 2.43. The van der Waals surface area contributed by atoms with Crippen molar-refractivity contribution < 1.29 is 9.59 Å². The maximum Gasteiger partial charge on any atom is 0.322 e. The molecule has 2 unspecified atom stereocenters. The first-order valence-corrected chi connectivity index (χ1v) is 5.14. The van der Waals surface area contributed by atoms with E-state index in [1.54, 1.807) is 0 Å². The number of nitrogens with one attached hydrogen (secondary N) is 3. The molecule has 2 fully saturated rings. The molecule has 14 heavy (non-hydrogen) atoms. The molecule has 78 valence electrons. The van der Waals surface area contributed by atoms with Gasteiger partial charge in [0.05, 0.1) is 0 Å². The molecule has 0 aromatic heterocycles. The van der Waals surface area contributed by atoms with Crippen molar-refractivity contribution in [2.24, 2.45) is 5.92 Å². The van der Waals surface area contributed by atoms with Gasteiger partial charge in [0, 0.05) is 12.5 Å². The lowest BCUT2D eigenvalue weighted by Gasteiger charge is -2.27. The summed E-state index contributed by atoms with van der Waals surface area (Å²) in [6.45, 7) is 0.636. The van der Waals surface area contributed by atoms with Crippen molar-refractivity contribution in [1.82, 2.24) is 15.4 Å². The highest BCUT2D eigenvalue weighted by Crippen LogP contribution is 2.37. The molecule has 1 saturated carbocycles. The summed E-state index contributed by atoms with van der Waals surface area (Å²) >= 11 is 3.93. The van der Waals surface area contributed by atoms with Gasteiger partial charge in [-0.05, 0) is 12.8 Å². The number of urea groups is 1. The van der Waals surface area contributed by atoms with Crippen molar-refractivity contribution in [2.75, 3.05) is 6.54 Å². The van der Waals surface area contributed by atoms with E-state index in [2.05, 4.69) is 28.2 Å². The Bertz CT molecular complexity index is 284. The second-order valence-corrected chi connectivity index (χ2v) is 4.15. The SMILES string of the molecule is O=C1NC(=O)C2(CCCC2CNS)N1. The summed E-state index contributed by atoms with van der Waals surface area (Å²) in [5.74, 6) is -0.0416. The highest BCUT2D eigenvalue weighted by molar-refractivity contribution is 7.78. The third-order valence-electron chi connectivity index (χ3n) is 3.13. The summed E-state index contributed by atoms with van der Waals surface area (Å²) in [5.41, 5.74) is -0.674. The molecule has 1 saturated heterocycles. The molecule has 0 aromatic carbocycles. The summed E-state index contributed by atoms with van der Waals surface area (Å²) in [6, 6.07) is -0.374. The van der Waals surface area contributed by atoms with E-state index in [9.17, 15) is 9.59 Å². The molecule has 0 aromatic rings. The van der Waals surface area contributed by atoms with Gasteiger partial charge >= 0.3 is 6.03 Å². The van der Waals surface area contributed by atoms with Crippen molar-refractivity contribution in [2.45, 2.75) is 24.8 Å². The summed E-state index contributed by atoms with van der Waals surface area (Å²) in [7, 11) is 0. The second kappa shape index (κ2) is 3.43. The van der Waals surface area contributed by atoms with E-state index in [4.69, 9.17) is 0 Å². The highest BCUT2D eigenvalue weighted by Gasteiger charge is 2.53. The van der Waals surface area contributed by atoms with Gasteiger partial charge in [-0.1, -0.05) is 19.2 Å². The molecule has 2 aliphatic rings. The fourth-order valence-corrected chi connectivity index (χ4v) is 2.65. The van der Waals surface area contributed by atoms with E-state index in [1.807, 2.05) is 0 Å². The van der Waals surface area contributed by atoms with Crippen LogP contribution in [0.4, 0.5) is 4.79 Å². The maximum absolute atomic E-state index is 11.6. The van der Waals surface area contributed by atoms with Crippen LogP contribution in [0.3, 0.4) is 0 Å². The van der Waals surface area contributed by atoms with E-state index in [0.29, 0.717) is 6.54 Å². The molecule has 1 aliphatic carbocycles. The second-order valence-electron chi connectivity index (χ2n) is 3.83. The molecule has 0 bridgehead atoms. The molecule has 3 amide bonds. The molecule has 2 atom stereocenters. The predicted octanol–water partition coefficient (Wildman–Crippen LogP) is -0.201. The van der Waals surface area contributed by atoms with E-state index < -0.39 is 5.54 Å². The zero-order valence-corrected chi connectivity index (χ0v) is 8.56. The van der Waals surface area contributed by atoms with Gasteiger partial charge in [0.2, 0.25) is 0 Å². The van der Waals surface area contributed by atoms with E-state index in [-0.39, 0.29) is 17.9 Å². The minimum Gasteiger partial charge on any atom is -0.323 e. The van der Waals surface area contributed by atoms with Crippen LogP contribution in [0.1, 0.15) is 19.3 Å². The summed E-state index contributed by atoms with van der Waals surface area (Å²) in [6.07, 6.45) is 2.64. The van der Waals surface area contributed by atoms with Gasteiger partial charge in [0.25, 0.3) is 5.91 Å². The summed E-state index contributed by atoms with van der Waals surface area (Å²) in [5, 5.41) is 5.04. The van der Waals surface area contributed by atoms with Crippen LogP contribution >= 0.6 is 12.8 Å². The van der Waals surface area contributed by atoms with Gasteiger partial charge in [-0.3, -0.25) is 14.8 Å². The number of hydrogen-bond donors (Lipinski definition) is 4. The molecule has 1 spiro atoms. The lowest BCUT2D eigenvalue weighted by atomic mass is 9.87. The Morgan fingerprint density at radius 3 is 2.93 bits per heavy atom. The standard InChI is InChI=1S/C8H13N3O2S/c12-6-8(11-7(13)10-6)3-1-2-5(8)4-9-14/h5,9,14H,1-4H2,(H2,10,11,12,13). The van der Waals surface area contributed by atoms with E-state index >= 15 is 0 Å². The largest absolute Gasteiger partial charge is 0.323 e. The fraction of sp³-hybridized carbons (Fsp3) is 0.750. The molecule has 1 aliphatic heterocycles. The maximum atomic E-state index is 11.6. The Balaban J connectivity index is 2.21. The lowest BCUT2D eigenvalue weighted by Crippen LogP contribution is -2.52. The Morgan fingerprint density at radius 1 is 1.57 bits per heavy atom. The zero-order chi connectivity index (χ0) is 10.2. The summed E-state index contributed by atoms with van der Waals surface area (Å²) in [4.78, 5) is 22.7. The van der Waals surface area contributed by atoms with Gasteiger partial charge in [-0.15, -0.1) is 0 Å². The zero-order valence-electron chi connectivity index (χ0n) is 7.67. The summed E-state index contributed by atoms with van der Waals surface area (Å²) < 4.78 is 2.76. The van der Waals surface area contributed by atoms with Crippen LogP contribution in [0.25, 0.3) is 0 Å². The van der Waals surface area contributed by atoms with Crippen LogP contribution in [0, 0.1) is 5.92 Å². The molecular formula is C8H13N3O2S. The van der Waals surface area contributed by atoms with Crippen LogP contribution < -0.4 is 15.4 Å². The number of thiol groups is 1. The van der Waals surface area contributed by atoms with Gasteiger partial charge in [-0.2, -0.15) is 0 Å². The topological polar surface area (TPSA) is 70.2 Å². The number of carbonyl (C=O) groups excluding carboxylic acids is 2. The average molecular weight is 215 g/mol. The van der Waals surface area contributed by atoms with Gasteiger partial charge in [-0.25, -0.2) is 4.79 Å². The van der Waals surface area contributed by atoms with Crippen molar-refractivity contribution >= 4 is 24.8 Å². The van der Waals surface area contributed by atoms with Gasteiger partial charge < -0.3 is 5.32 Å². The van der Waals surface area contributed by atoms with E-state index in [1.165, 1.54) is 0 Å². The Labute approximate surface area is 87.5 Å². The molecule has 1 heterocycles. The third kappa shape index (κ3) is 1.29. The van der Waals surface area contributed by atoms with Crippen LogP contribution in [0.5, 0.6) is 0 Å². The first-order valence-electron chi connectivity index (χ1n) is 4.69. The predicted molar refractivity (Wildman–Crippen MR) is 53.7 cm³/mol. The van der Waals surface area contributed by atoms with Crippen molar-refractivity contribution in [3.05, 3.63) is 0 Å². The van der Waals surface area contributed by atoms with Gasteiger partial charge in [0.1, 0.15) is 5.54 Å². The lowest BCUT2D eigenvalue weighted by molar-refractivity contribution is -0.125. The Morgan fingerprint density at radius 2 is 2.36 bits per heavy atom. The van der Waals surface area contributed by atoms with Crippen LogP contribution in [0.2, 0.25) is 0 Å². The quantitative estimate of drug-likeness (QED) is 0.381. The first-order chi connectivity index (χ1) is 6.69. The molecule has 3 N–H and O–H groups in total. The average Bonchev–Trinajstić information content (AvgIpc) is 2.61. The molecule has 0 radical (unpaired) electrons. The van der Waals surface area contributed by atoms with Crippen molar-refractivity contribution in [3.63, 3.8) is 0 Å². The van der Waals surface area contributed by atoms with Crippen molar-refractivity contribution in [1.29, 1.82) is 0 Å². The number of rotatable bonds is 2. The third-order valence-corrected chi connectivity index (χ3v) is 3.31. The Kier molecular flexibility index (Phi) is 2.40. The van der Waals surface area contributed by atoms with Crippen LogP contribution in [-0.2, 0) is 4.79 Å². The van der Waals surface area contributed by atoms with Crippen LogP contribution in [-0.4, -0.2) is 24.0 Å². The van der Waals surface area contributed by atoms with Gasteiger partial charge in [0.15, 0.2) is 0 Å². The number of imide groups is 1. The number of hydrogen-bond acceptors (Lipinski definition) is 4. The molecular weight excluding hydrogens is 202 g/mol. The monoisotopic (exact) mass is 215 g/mol. The smallest absolute Gasteiger partial charge is 0.322 e. The van der Waals surface area contributed by atoms with E-state index in [0.717, 1.165) is 19.3 Å². The van der Waals surface area contributed by atoms with Crippen LogP contribution in [0.15, 0.2) is 0 Å². The molecule has 6 heteroatoms. The number of amides is 3. The normalized spacial score (nSPS) is 36.2. The van der Waals surface area contributed by atoms with Crippen molar-refractivity contribution in [3.8, 4) is 0 Å². The molecule has 2 rings (SSSR count).